The van der Waals surface area contributed by atoms with Gasteiger partial charge in [-0.15, -0.1) is 0 Å². The predicted molar refractivity (Wildman–Crippen MR) is 78.4 cm³/mol. The highest BCUT2D eigenvalue weighted by Crippen LogP contribution is 2.54. The molecule has 3 aliphatic rings. The number of fused-ring (bicyclic) bond motifs is 3. The van der Waals surface area contributed by atoms with Gasteiger partial charge in [-0.25, -0.2) is 0 Å². The number of hydrogen-bond acceptors (Lipinski definition) is 0. The molecule has 0 spiro atoms. The summed E-state index contributed by atoms with van der Waals surface area (Å²) >= 11 is 0. The Morgan fingerprint density at radius 2 is 1.89 bits per heavy atom. The Morgan fingerprint density at radius 1 is 1.06 bits per heavy atom. The van der Waals surface area contributed by atoms with Crippen LogP contribution in [0.15, 0.2) is 11.6 Å². The Hall–Kier alpha value is -0.260. The molecule has 0 nitrogen and oxygen atoms in total. The summed E-state index contributed by atoms with van der Waals surface area (Å²) in [4.78, 5) is 0. The van der Waals surface area contributed by atoms with E-state index in [4.69, 9.17) is 0 Å². The molecule has 0 N–H and O–H groups in total. The topological polar surface area (TPSA) is 0 Å². The number of allylic oxidation sites excluding steroid dienone is 2. The minimum atomic E-state index is 0.832. The predicted octanol–water partition coefficient (Wildman–Crippen LogP) is 5.44. The van der Waals surface area contributed by atoms with Crippen LogP contribution in [0.3, 0.4) is 0 Å². The zero-order valence-electron chi connectivity index (χ0n) is 12.5. The molecule has 0 aliphatic heterocycles. The zero-order chi connectivity index (χ0) is 12.7. The second kappa shape index (κ2) is 5.02. The second-order valence-electron chi connectivity index (χ2n) is 7.66. The fourth-order valence-electron chi connectivity index (χ4n) is 5.39. The van der Waals surface area contributed by atoms with Crippen LogP contribution < -0.4 is 0 Å². The molecule has 0 heteroatoms. The van der Waals surface area contributed by atoms with Crippen molar-refractivity contribution in [2.75, 3.05) is 0 Å². The lowest BCUT2D eigenvalue weighted by Crippen LogP contribution is -2.37. The third-order valence-electron chi connectivity index (χ3n) is 6.21. The van der Waals surface area contributed by atoms with Gasteiger partial charge >= 0.3 is 0 Å². The highest BCUT2D eigenvalue weighted by atomic mass is 14.5. The van der Waals surface area contributed by atoms with Gasteiger partial charge in [0.05, 0.1) is 0 Å². The van der Waals surface area contributed by atoms with E-state index in [0.29, 0.717) is 0 Å². The van der Waals surface area contributed by atoms with Crippen LogP contribution in [0.1, 0.15) is 65.7 Å². The fourth-order valence-corrected chi connectivity index (χ4v) is 5.39. The van der Waals surface area contributed by atoms with Gasteiger partial charge in [0.25, 0.3) is 0 Å². The van der Waals surface area contributed by atoms with E-state index in [1.54, 1.807) is 24.8 Å². The van der Waals surface area contributed by atoms with E-state index in [1.807, 2.05) is 0 Å². The van der Waals surface area contributed by atoms with Crippen LogP contribution in [0.5, 0.6) is 0 Å². The van der Waals surface area contributed by atoms with Gasteiger partial charge in [0.15, 0.2) is 0 Å². The first-order chi connectivity index (χ1) is 8.66. The minimum absolute atomic E-state index is 0.832. The summed E-state index contributed by atoms with van der Waals surface area (Å²) in [6, 6.07) is 0. The molecule has 3 rings (SSSR count). The molecule has 5 unspecified atom stereocenters. The Bertz CT molecular complexity index is 325. The Labute approximate surface area is 113 Å². The first kappa shape index (κ1) is 12.8. The number of hydrogen-bond donors (Lipinski definition) is 0. The van der Waals surface area contributed by atoms with Crippen molar-refractivity contribution in [2.24, 2.45) is 35.5 Å². The summed E-state index contributed by atoms with van der Waals surface area (Å²) in [6.07, 6.45) is 13.1. The highest BCUT2D eigenvalue weighted by molar-refractivity contribution is 5.15. The molecular formula is C18H30. The van der Waals surface area contributed by atoms with Gasteiger partial charge in [-0.1, -0.05) is 45.3 Å². The van der Waals surface area contributed by atoms with Crippen molar-refractivity contribution in [1.82, 2.24) is 0 Å². The summed E-state index contributed by atoms with van der Waals surface area (Å²) in [7, 11) is 0. The molecule has 0 aromatic rings. The average molecular weight is 246 g/mol. The van der Waals surface area contributed by atoms with Gasteiger partial charge in [0.2, 0.25) is 0 Å². The van der Waals surface area contributed by atoms with Gasteiger partial charge in [-0.2, -0.15) is 0 Å². The molecule has 2 fully saturated rings. The maximum absolute atomic E-state index is 2.65. The molecule has 102 valence electrons. The van der Waals surface area contributed by atoms with E-state index in [-0.39, 0.29) is 0 Å². The molecule has 2 saturated carbocycles. The van der Waals surface area contributed by atoms with Crippen molar-refractivity contribution >= 4 is 0 Å². The van der Waals surface area contributed by atoms with E-state index in [2.05, 4.69) is 26.8 Å². The van der Waals surface area contributed by atoms with E-state index >= 15 is 0 Å². The summed E-state index contributed by atoms with van der Waals surface area (Å²) in [5, 5.41) is 0. The standard InChI is InChI=1S/C18H30/c1-12(2)11-15-8-10-18-16(13(15)3)9-7-14-5-4-6-17(14)18/h8,12-14,16-18H,4-7,9-11H2,1-3H3. The van der Waals surface area contributed by atoms with Crippen molar-refractivity contribution in [3.8, 4) is 0 Å². The molecule has 0 heterocycles. The normalized spacial score (nSPS) is 43.6. The Balaban J connectivity index is 1.76. The molecule has 5 atom stereocenters. The summed E-state index contributed by atoms with van der Waals surface area (Å²) in [5.74, 6) is 6.01. The minimum Gasteiger partial charge on any atom is -0.0847 e. The smallest absolute Gasteiger partial charge is 0.0200 e. The SMILES string of the molecule is CC(C)CC1=CCC2C3CCCC3CCC2C1C. The summed E-state index contributed by atoms with van der Waals surface area (Å²) < 4.78 is 0. The molecule has 0 bridgehead atoms. The van der Waals surface area contributed by atoms with E-state index in [1.165, 1.54) is 25.7 Å². The van der Waals surface area contributed by atoms with Crippen molar-refractivity contribution < 1.29 is 0 Å². The third kappa shape index (κ3) is 2.17. The van der Waals surface area contributed by atoms with Crippen LogP contribution in [-0.2, 0) is 0 Å². The van der Waals surface area contributed by atoms with Crippen LogP contribution in [0.2, 0.25) is 0 Å². The molecular weight excluding hydrogens is 216 g/mol. The van der Waals surface area contributed by atoms with Crippen molar-refractivity contribution in [3.05, 3.63) is 11.6 Å². The lowest BCUT2D eigenvalue weighted by atomic mass is 9.59. The lowest BCUT2D eigenvalue weighted by Gasteiger charge is -2.46. The zero-order valence-corrected chi connectivity index (χ0v) is 12.5. The Kier molecular flexibility index (Phi) is 3.56. The molecule has 18 heavy (non-hydrogen) atoms. The first-order valence-electron chi connectivity index (χ1n) is 8.35. The van der Waals surface area contributed by atoms with E-state index < -0.39 is 0 Å². The van der Waals surface area contributed by atoms with Crippen LogP contribution in [-0.4, -0.2) is 0 Å². The highest BCUT2D eigenvalue weighted by Gasteiger charge is 2.44. The number of rotatable bonds is 2. The van der Waals surface area contributed by atoms with Crippen molar-refractivity contribution in [3.63, 3.8) is 0 Å². The van der Waals surface area contributed by atoms with Gasteiger partial charge in [0.1, 0.15) is 0 Å². The monoisotopic (exact) mass is 246 g/mol. The fraction of sp³-hybridized carbons (Fsp3) is 0.889. The van der Waals surface area contributed by atoms with E-state index in [0.717, 1.165) is 35.5 Å². The molecule has 0 radical (unpaired) electrons. The van der Waals surface area contributed by atoms with E-state index in [9.17, 15) is 0 Å². The van der Waals surface area contributed by atoms with Gasteiger partial charge in [0, 0.05) is 0 Å². The largest absolute Gasteiger partial charge is 0.0847 e. The third-order valence-corrected chi connectivity index (χ3v) is 6.21. The maximum atomic E-state index is 2.65. The van der Waals surface area contributed by atoms with Crippen LogP contribution >= 0.6 is 0 Å². The van der Waals surface area contributed by atoms with Gasteiger partial charge < -0.3 is 0 Å². The molecule has 0 amide bonds. The van der Waals surface area contributed by atoms with Crippen LogP contribution in [0.25, 0.3) is 0 Å². The van der Waals surface area contributed by atoms with Gasteiger partial charge in [-0.3, -0.25) is 0 Å². The van der Waals surface area contributed by atoms with Gasteiger partial charge in [-0.05, 0) is 67.6 Å². The first-order valence-corrected chi connectivity index (χ1v) is 8.35. The van der Waals surface area contributed by atoms with Crippen LogP contribution in [0, 0.1) is 35.5 Å². The molecule has 0 saturated heterocycles. The van der Waals surface area contributed by atoms with Crippen molar-refractivity contribution in [2.45, 2.75) is 65.7 Å². The van der Waals surface area contributed by atoms with Crippen LogP contribution in [0.4, 0.5) is 0 Å². The molecule has 3 aliphatic carbocycles. The summed E-state index contributed by atoms with van der Waals surface area (Å²) in [6.45, 7) is 7.27. The van der Waals surface area contributed by atoms with Crippen molar-refractivity contribution in [1.29, 1.82) is 0 Å². The quantitative estimate of drug-likeness (QED) is 0.569. The lowest BCUT2D eigenvalue weighted by molar-refractivity contribution is 0.0763. The Morgan fingerprint density at radius 3 is 2.67 bits per heavy atom. The average Bonchev–Trinajstić information content (AvgIpc) is 2.80. The summed E-state index contributed by atoms with van der Waals surface area (Å²) in [5.41, 5.74) is 1.79. The second-order valence-corrected chi connectivity index (χ2v) is 7.66. The molecule has 0 aromatic carbocycles. The maximum Gasteiger partial charge on any atom is -0.0200 e. The molecule has 0 aromatic heterocycles.